The van der Waals surface area contributed by atoms with E-state index in [2.05, 4.69) is 9.88 Å². The number of benzene rings is 1. The van der Waals surface area contributed by atoms with Crippen molar-refractivity contribution in [2.75, 3.05) is 31.1 Å². The van der Waals surface area contributed by atoms with Gasteiger partial charge in [-0.15, -0.1) is 0 Å². The first-order chi connectivity index (χ1) is 12.7. The molecular weight excluding hydrogens is 348 g/mol. The van der Waals surface area contributed by atoms with E-state index in [-0.39, 0.29) is 5.91 Å². The Morgan fingerprint density at radius 3 is 2.62 bits per heavy atom. The smallest absolute Gasteiger partial charge is 0.269 e. The molecule has 3 heterocycles. The number of piperazine rings is 1. The second-order valence-corrected chi connectivity index (χ2v) is 6.64. The lowest BCUT2D eigenvalue weighted by molar-refractivity contribution is -0.131. The summed E-state index contributed by atoms with van der Waals surface area (Å²) in [6.45, 7) is 3.57. The van der Waals surface area contributed by atoms with E-state index in [1.54, 1.807) is 6.20 Å². The zero-order valence-electron chi connectivity index (χ0n) is 14.4. The predicted octanol–water partition coefficient (Wildman–Crippen LogP) is 3.10. The van der Waals surface area contributed by atoms with Crippen molar-refractivity contribution in [2.24, 2.45) is 0 Å². The Balaban J connectivity index is 1.36. The number of hydrogen-bond donors (Lipinski definition) is 0. The maximum atomic E-state index is 12.6. The Bertz CT molecular complexity index is 958. The van der Waals surface area contributed by atoms with Crippen LogP contribution in [0, 0.1) is 4.84 Å². The summed E-state index contributed by atoms with van der Waals surface area (Å²) >= 11 is 5.29. The third-order valence-corrected chi connectivity index (χ3v) is 5.03. The first kappa shape index (κ1) is 16.8. The van der Waals surface area contributed by atoms with Crippen LogP contribution in [0.5, 0.6) is 0 Å². The largest absolute Gasteiger partial charge is 0.429 e. The summed E-state index contributed by atoms with van der Waals surface area (Å²) < 4.78 is 7.47. The fraction of sp³-hybridized carbons (Fsp3) is 0.316. The fourth-order valence-electron chi connectivity index (χ4n) is 3.32. The molecule has 0 aliphatic carbocycles. The van der Waals surface area contributed by atoms with Crippen molar-refractivity contribution in [2.45, 2.75) is 13.0 Å². The van der Waals surface area contributed by atoms with Crippen molar-refractivity contribution in [3.63, 3.8) is 0 Å². The van der Waals surface area contributed by atoms with Gasteiger partial charge in [-0.05, 0) is 36.5 Å². The number of aryl methyl sites for hydroxylation is 1. The highest BCUT2D eigenvalue weighted by Gasteiger charge is 2.21. The van der Waals surface area contributed by atoms with Crippen LogP contribution in [0.1, 0.15) is 6.42 Å². The molecule has 0 N–H and O–H groups in total. The molecule has 1 amide bonds. The lowest BCUT2D eigenvalue weighted by atomic mass is 10.2. The summed E-state index contributed by atoms with van der Waals surface area (Å²) in [6.07, 6.45) is 2.22. The minimum Gasteiger partial charge on any atom is -0.429 e. The number of para-hydroxylation sites is 2. The number of nitrogens with zero attached hydrogens (tertiary/aromatic N) is 4. The van der Waals surface area contributed by atoms with Gasteiger partial charge in [0.05, 0.1) is 5.52 Å². The number of aromatic nitrogens is 2. The van der Waals surface area contributed by atoms with Crippen molar-refractivity contribution >= 4 is 35.0 Å². The molecule has 1 saturated heterocycles. The van der Waals surface area contributed by atoms with Crippen LogP contribution >= 0.6 is 12.2 Å². The topological polar surface area (TPSA) is 54.5 Å². The Labute approximate surface area is 156 Å². The number of carbonyl (C=O) groups excluding carboxylic acids is 1. The standard InChI is InChI=1S/C19H20N4O2S/c24-18(8-10-23-15-5-1-2-6-16(15)25-19(23)26)22-13-11-21(12-14-22)17-7-3-4-9-20-17/h1-7,9H,8,10-14H2. The second kappa shape index (κ2) is 7.29. The minimum absolute atomic E-state index is 0.151. The molecule has 1 aromatic carbocycles. The van der Waals surface area contributed by atoms with Gasteiger partial charge >= 0.3 is 0 Å². The van der Waals surface area contributed by atoms with Gasteiger partial charge in [0.15, 0.2) is 5.58 Å². The van der Waals surface area contributed by atoms with E-state index < -0.39 is 0 Å². The summed E-state index contributed by atoms with van der Waals surface area (Å²) in [5, 5.41) is 0. The van der Waals surface area contributed by atoms with Gasteiger partial charge in [0.1, 0.15) is 5.82 Å². The Morgan fingerprint density at radius 2 is 1.85 bits per heavy atom. The summed E-state index contributed by atoms with van der Waals surface area (Å²) in [6, 6.07) is 13.6. The zero-order chi connectivity index (χ0) is 17.9. The highest BCUT2D eigenvalue weighted by molar-refractivity contribution is 7.71. The highest BCUT2D eigenvalue weighted by Crippen LogP contribution is 2.18. The molecule has 7 heteroatoms. The van der Waals surface area contributed by atoms with Crippen molar-refractivity contribution < 1.29 is 9.21 Å². The van der Waals surface area contributed by atoms with E-state index >= 15 is 0 Å². The molecule has 0 atom stereocenters. The Morgan fingerprint density at radius 1 is 1.08 bits per heavy atom. The first-order valence-corrected chi connectivity index (χ1v) is 9.15. The molecule has 0 bridgehead atoms. The molecular formula is C19H20N4O2S. The highest BCUT2D eigenvalue weighted by atomic mass is 32.1. The molecule has 134 valence electrons. The average molecular weight is 368 g/mol. The predicted molar refractivity (Wildman–Crippen MR) is 103 cm³/mol. The van der Waals surface area contributed by atoms with Crippen molar-refractivity contribution in [1.29, 1.82) is 0 Å². The first-order valence-electron chi connectivity index (χ1n) is 8.74. The van der Waals surface area contributed by atoms with E-state index in [0.717, 1.165) is 30.0 Å². The monoisotopic (exact) mass is 368 g/mol. The fourth-order valence-corrected chi connectivity index (χ4v) is 3.60. The van der Waals surface area contributed by atoms with Crippen LogP contribution in [0.3, 0.4) is 0 Å². The third kappa shape index (κ3) is 3.35. The van der Waals surface area contributed by atoms with Crippen LogP contribution in [0.25, 0.3) is 11.1 Å². The van der Waals surface area contributed by atoms with Gasteiger partial charge in [-0.25, -0.2) is 4.98 Å². The summed E-state index contributed by atoms with van der Waals surface area (Å²) in [7, 11) is 0. The number of anilines is 1. The van der Waals surface area contributed by atoms with Gasteiger partial charge in [-0.1, -0.05) is 18.2 Å². The number of carbonyl (C=O) groups is 1. The van der Waals surface area contributed by atoms with Gasteiger partial charge in [0.25, 0.3) is 4.84 Å². The second-order valence-electron chi connectivity index (χ2n) is 6.29. The van der Waals surface area contributed by atoms with Crippen LogP contribution in [0.15, 0.2) is 53.1 Å². The molecule has 26 heavy (non-hydrogen) atoms. The lowest BCUT2D eigenvalue weighted by Gasteiger charge is -2.35. The van der Waals surface area contributed by atoms with E-state index in [9.17, 15) is 4.79 Å². The number of fused-ring (bicyclic) bond motifs is 1. The van der Waals surface area contributed by atoms with Gasteiger partial charge < -0.3 is 14.2 Å². The minimum atomic E-state index is 0.151. The molecule has 0 spiro atoms. The average Bonchev–Trinajstić information content (AvgIpc) is 3.02. The van der Waals surface area contributed by atoms with Crippen LogP contribution in [-0.2, 0) is 11.3 Å². The number of pyridine rings is 1. The molecule has 3 aromatic rings. The molecule has 6 nitrogen and oxygen atoms in total. The van der Waals surface area contributed by atoms with E-state index in [1.807, 2.05) is 51.9 Å². The molecule has 4 rings (SSSR count). The van der Waals surface area contributed by atoms with Gasteiger partial charge in [0, 0.05) is 45.3 Å². The van der Waals surface area contributed by atoms with Crippen LogP contribution in [0.2, 0.25) is 0 Å². The summed E-state index contributed by atoms with van der Waals surface area (Å²) in [4.78, 5) is 21.5. The molecule has 1 aliphatic heterocycles. The summed E-state index contributed by atoms with van der Waals surface area (Å²) in [5.74, 6) is 1.12. The maximum Gasteiger partial charge on any atom is 0.269 e. The molecule has 0 radical (unpaired) electrons. The van der Waals surface area contributed by atoms with Crippen molar-refractivity contribution in [3.05, 3.63) is 53.5 Å². The van der Waals surface area contributed by atoms with Gasteiger partial charge in [-0.2, -0.15) is 0 Å². The van der Waals surface area contributed by atoms with Crippen LogP contribution in [-0.4, -0.2) is 46.5 Å². The molecule has 1 fully saturated rings. The molecule has 0 unspecified atom stereocenters. The molecule has 1 aliphatic rings. The van der Waals surface area contributed by atoms with Crippen molar-refractivity contribution in [3.8, 4) is 0 Å². The van der Waals surface area contributed by atoms with E-state index in [0.29, 0.717) is 30.9 Å². The normalized spacial score (nSPS) is 14.8. The van der Waals surface area contributed by atoms with Crippen LogP contribution in [0.4, 0.5) is 5.82 Å². The van der Waals surface area contributed by atoms with E-state index in [1.165, 1.54) is 0 Å². The van der Waals surface area contributed by atoms with Gasteiger partial charge in [0.2, 0.25) is 5.91 Å². The number of rotatable bonds is 4. The zero-order valence-corrected chi connectivity index (χ0v) is 15.2. The SMILES string of the molecule is O=C(CCn1c(=S)oc2ccccc21)N1CCN(c2ccccn2)CC1. The van der Waals surface area contributed by atoms with Crippen LogP contribution < -0.4 is 4.90 Å². The Kier molecular flexibility index (Phi) is 4.71. The Hall–Kier alpha value is -2.67. The third-order valence-electron chi connectivity index (χ3n) is 4.73. The maximum absolute atomic E-state index is 12.6. The van der Waals surface area contributed by atoms with E-state index in [4.69, 9.17) is 16.6 Å². The number of oxazole rings is 1. The quantitative estimate of drug-likeness (QED) is 0.663. The lowest BCUT2D eigenvalue weighted by Crippen LogP contribution is -2.49. The molecule has 2 aromatic heterocycles. The summed E-state index contributed by atoms with van der Waals surface area (Å²) in [5.41, 5.74) is 1.69. The molecule has 0 saturated carbocycles. The number of hydrogen-bond acceptors (Lipinski definition) is 5. The number of amides is 1. The van der Waals surface area contributed by atoms with Gasteiger partial charge in [-0.3, -0.25) is 9.36 Å². The van der Waals surface area contributed by atoms with Crippen molar-refractivity contribution in [1.82, 2.24) is 14.5 Å².